The van der Waals surface area contributed by atoms with Gasteiger partial charge in [0, 0.05) is 23.8 Å². The van der Waals surface area contributed by atoms with E-state index in [0.29, 0.717) is 11.0 Å². The molecule has 0 spiro atoms. The monoisotopic (exact) mass is 237 g/mol. The number of nitrogens with zero attached hydrogens (tertiary/aromatic N) is 1. The predicted molar refractivity (Wildman–Crippen MR) is 74.0 cm³/mol. The summed E-state index contributed by atoms with van der Waals surface area (Å²) in [6, 6.07) is 8.36. The third-order valence-electron chi connectivity index (χ3n) is 2.65. The van der Waals surface area contributed by atoms with E-state index in [9.17, 15) is 0 Å². The van der Waals surface area contributed by atoms with Crippen LogP contribution >= 0.6 is 12.2 Å². The maximum Gasteiger partial charge on any atom is 0.103 e. The summed E-state index contributed by atoms with van der Waals surface area (Å²) >= 11 is 4.90. The molecular formula is C12H19N3S. The molecule has 0 saturated carbocycles. The number of nitrogens with one attached hydrogen (secondary N) is 1. The Hall–Kier alpha value is -1.13. The first-order valence-corrected chi connectivity index (χ1v) is 5.71. The van der Waals surface area contributed by atoms with Crippen molar-refractivity contribution in [3.05, 3.63) is 29.8 Å². The van der Waals surface area contributed by atoms with Crippen LogP contribution in [0.2, 0.25) is 0 Å². The number of hydrogen-bond donors (Lipinski definition) is 2. The Morgan fingerprint density at radius 2 is 1.94 bits per heavy atom. The second kappa shape index (κ2) is 5.82. The predicted octanol–water partition coefficient (Wildman–Crippen LogP) is 1.68. The van der Waals surface area contributed by atoms with Gasteiger partial charge in [0.2, 0.25) is 0 Å². The van der Waals surface area contributed by atoms with Gasteiger partial charge in [-0.3, -0.25) is 0 Å². The first-order chi connectivity index (χ1) is 7.50. The summed E-state index contributed by atoms with van der Waals surface area (Å²) in [6.45, 7) is 3.09. The first kappa shape index (κ1) is 12.9. The van der Waals surface area contributed by atoms with Gasteiger partial charge in [0.15, 0.2) is 0 Å². The Labute approximate surface area is 103 Å². The van der Waals surface area contributed by atoms with Gasteiger partial charge in [-0.2, -0.15) is 0 Å². The highest BCUT2D eigenvalue weighted by atomic mass is 32.1. The molecule has 0 aliphatic carbocycles. The molecule has 0 fully saturated rings. The quantitative estimate of drug-likeness (QED) is 0.765. The normalized spacial score (nSPS) is 12.5. The lowest BCUT2D eigenvalue weighted by atomic mass is 10.2. The fraction of sp³-hybridized carbons (Fsp3) is 0.417. The lowest BCUT2D eigenvalue weighted by Gasteiger charge is -2.20. The summed E-state index contributed by atoms with van der Waals surface area (Å²) in [5, 5.41) is 3.37. The molecule has 0 bridgehead atoms. The van der Waals surface area contributed by atoms with Crippen LogP contribution in [0.5, 0.6) is 0 Å². The van der Waals surface area contributed by atoms with Gasteiger partial charge in [0.1, 0.15) is 4.99 Å². The molecule has 1 aromatic carbocycles. The summed E-state index contributed by atoms with van der Waals surface area (Å²) in [5.74, 6) is 0. The van der Waals surface area contributed by atoms with Crippen molar-refractivity contribution in [3.8, 4) is 0 Å². The minimum Gasteiger partial charge on any atom is -0.389 e. The van der Waals surface area contributed by atoms with Crippen molar-refractivity contribution < 1.29 is 0 Å². The molecule has 1 atom stereocenters. The maximum absolute atomic E-state index is 5.53. The van der Waals surface area contributed by atoms with Gasteiger partial charge in [-0.25, -0.2) is 0 Å². The number of hydrogen-bond acceptors (Lipinski definition) is 3. The maximum atomic E-state index is 5.53. The number of benzene rings is 1. The second-order valence-corrected chi connectivity index (χ2v) is 4.57. The van der Waals surface area contributed by atoms with Gasteiger partial charge in [-0.05, 0) is 45.3 Å². The van der Waals surface area contributed by atoms with Gasteiger partial charge in [0.25, 0.3) is 0 Å². The van der Waals surface area contributed by atoms with Gasteiger partial charge in [-0.1, -0.05) is 12.2 Å². The van der Waals surface area contributed by atoms with Gasteiger partial charge >= 0.3 is 0 Å². The molecule has 1 rings (SSSR count). The molecule has 88 valence electrons. The van der Waals surface area contributed by atoms with E-state index in [4.69, 9.17) is 18.0 Å². The Kier molecular flexibility index (Phi) is 4.71. The van der Waals surface area contributed by atoms with Crippen molar-refractivity contribution in [1.82, 2.24) is 4.90 Å². The molecule has 0 saturated heterocycles. The van der Waals surface area contributed by atoms with E-state index in [0.717, 1.165) is 17.8 Å². The minimum atomic E-state index is 0.438. The molecule has 0 aliphatic rings. The van der Waals surface area contributed by atoms with Crippen molar-refractivity contribution in [2.75, 3.05) is 26.0 Å². The third kappa shape index (κ3) is 3.79. The zero-order chi connectivity index (χ0) is 12.1. The molecule has 0 aliphatic heterocycles. The van der Waals surface area contributed by atoms with Crippen LogP contribution in [0.3, 0.4) is 0 Å². The van der Waals surface area contributed by atoms with E-state index in [2.05, 4.69) is 31.2 Å². The van der Waals surface area contributed by atoms with E-state index >= 15 is 0 Å². The number of thiocarbonyl (C=S) groups is 1. The van der Waals surface area contributed by atoms with Crippen molar-refractivity contribution in [2.24, 2.45) is 5.73 Å². The van der Waals surface area contributed by atoms with E-state index in [1.54, 1.807) is 0 Å². The van der Waals surface area contributed by atoms with E-state index in [1.165, 1.54) is 0 Å². The van der Waals surface area contributed by atoms with Gasteiger partial charge in [-0.15, -0.1) is 0 Å². The molecule has 4 heteroatoms. The van der Waals surface area contributed by atoms with Crippen LogP contribution in [-0.2, 0) is 0 Å². The molecule has 16 heavy (non-hydrogen) atoms. The molecule has 1 aromatic rings. The lowest BCUT2D eigenvalue weighted by molar-refractivity contribution is 0.326. The number of rotatable bonds is 5. The Bertz CT molecular complexity index is 346. The fourth-order valence-electron chi connectivity index (χ4n) is 1.20. The summed E-state index contributed by atoms with van der Waals surface area (Å²) in [5.41, 5.74) is 7.53. The molecule has 3 nitrogen and oxygen atoms in total. The van der Waals surface area contributed by atoms with Crippen molar-refractivity contribution >= 4 is 22.9 Å². The van der Waals surface area contributed by atoms with Crippen LogP contribution in [0.15, 0.2) is 24.3 Å². The number of nitrogens with two attached hydrogens (primary N) is 1. The van der Waals surface area contributed by atoms with Crippen molar-refractivity contribution in [3.63, 3.8) is 0 Å². The largest absolute Gasteiger partial charge is 0.389 e. The Morgan fingerprint density at radius 3 is 2.38 bits per heavy atom. The van der Waals surface area contributed by atoms with E-state index in [-0.39, 0.29) is 0 Å². The highest BCUT2D eigenvalue weighted by Crippen LogP contribution is 2.09. The van der Waals surface area contributed by atoms with E-state index < -0.39 is 0 Å². The molecule has 0 amide bonds. The van der Waals surface area contributed by atoms with Gasteiger partial charge in [0.05, 0.1) is 0 Å². The van der Waals surface area contributed by atoms with Gasteiger partial charge < -0.3 is 16.0 Å². The summed E-state index contributed by atoms with van der Waals surface area (Å²) < 4.78 is 0. The highest BCUT2D eigenvalue weighted by Gasteiger charge is 2.03. The van der Waals surface area contributed by atoms with Crippen LogP contribution in [0.4, 0.5) is 5.69 Å². The number of anilines is 1. The molecule has 0 heterocycles. The summed E-state index contributed by atoms with van der Waals surface area (Å²) in [4.78, 5) is 2.62. The summed E-state index contributed by atoms with van der Waals surface area (Å²) in [6.07, 6.45) is 0. The molecular weight excluding hydrogens is 218 g/mol. The first-order valence-electron chi connectivity index (χ1n) is 5.31. The molecule has 1 unspecified atom stereocenters. The van der Waals surface area contributed by atoms with Crippen molar-refractivity contribution in [2.45, 2.75) is 13.0 Å². The summed E-state index contributed by atoms with van der Waals surface area (Å²) in [7, 11) is 4.14. The van der Waals surface area contributed by atoms with E-state index in [1.807, 2.05) is 24.3 Å². The topological polar surface area (TPSA) is 41.3 Å². The van der Waals surface area contributed by atoms with Crippen LogP contribution < -0.4 is 11.1 Å². The highest BCUT2D eigenvalue weighted by molar-refractivity contribution is 7.80. The minimum absolute atomic E-state index is 0.438. The third-order valence-corrected chi connectivity index (χ3v) is 2.89. The average Bonchev–Trinajstić information content (AvgIpc) is 2.26. The van der Waals surface area contributed by atoms with Crippen LogP contribution in [0.25, 0.3) is 0 Å². The van der Waals surface area contributed by atoms with Crippen molar-refractivity contribution in [1.29, 1.82) is 0 Å². The zero-order valence-corrected chi connectivity index (χ0v) is 10.8. The Balaban J connectivity index is 2.53. The van der Waals surface area contributed by atoms with Crippen LogP contribution in [0, 0.1) is 0 Å². The fourth-order valence-corrected chi connectivity index (χ4v) is 1.34. The van der Waals surface area contributed by atoms with Crippen LogP contribution in [0.1, 0.15) is 12.5 Å². The zero-order valence-electron chi connectivity index (χ0n) is 10.0. The lowest BCUT2D eigenvalue weighted by Crippen LogP contribution is -2.31. The SMILES string of the molecule is CC(CNc1ccc(C(N)=S)cc1)N(C)C. The molecule has 0 aromatic heterocycles. The second-order valence-electron chi connectivity index (χ2n) is 4.14. The average molecular weight is 237 g/mol. The molecule has 3 N–H and O–H groups in total. The smallest absolute Gasteiger partial charge is 0.103 e. The van der Waals surface area contributed by atoms with Crippen LogP contribution in [-0.4, -0.2) is 36.6 Å². The standard InChI is InChI=1S/C12H19N3S/c1-9(15(2)3)8-14-11-6-4-10(5-7-11)12(13)16/h4-7,9,14H,8H2,1-3H3,(H2,13,16). The molecule has 0 radical (unpaired) electrons. The number of likely N-dealkylation sites (N-methyl/N-ethyl adjacent to an activating group) is 1. The Morgan fingerprint density at radius 1 is 1.38 bits per heavy atom.